The summed E-state index contributed by atoms with van der Waals surface area (Å²) in [6, 6.07) is 31.3. The molecular weight excluding hydrogens is 898 g/mol. The Balaban J connectivity index is 0.806. The minimum atomic E-state index is -2.56. The highest BCUT2D eigenvalue weighted by Gasteiger charge is 2.12. The first kappa shape index (κ1) is 50.8. The SMILES string of the molecule is COc1ccc(CCCCCOc2ccc(CNCCCO[PH](=O)OCCCNCc3ccc(OCCCCCc4ccc(OC)c(F)c4)c(-c4cccs4)c3)cc2-c2cccs2)cc1F. The van der Waals surface area contributed by atoms with E-state index in [0.29, 0.717) is 65.4 Å². The van der Waals surface area contributed by atoms with E-state index in [1.54, 1.807) is 46.9 Å². The van der Waals surface area contributed by atoms with E-state index in [1.165, 1.54) is 14.2 Å². The Hall–Kier alpha value is -4.59. The molecule has 0 aliphatic rings. The Labute approximate surface area is 397 Å². The van der Waals surface area contributed by atoms with Crippen molar-refractivity contribution in [2.45, 2.75) is 77.3 Å². The molecule has 0 saturated carbocycles. The first-order valence-electron chi connectivity index (χ1n) is 22.8. The summed E-state index contributed by atoms with van der Waals surface area (Å²) in [5.41, 5.74) is 6.41. The molecule has 9 nitrogen and oxygen atoms in total. The van der Waals surface area contributed by atoms with Gasteiger partial charge in [-0.05, 0) is 171 Å². The lowest BCUT2D eigenvalue weighted by molar-refractivity contribution is 0.220. The van der Waals surface area contributed by atoms with Gasteiger partial charge in [-0.1, -0.05) is 36.4 Å². The normalized spacial score (nSPS) is 11.3. The highest BCUT2D eigenvalue weighted by molar-refractivity contribution is 7.33. The quantitative estimate of drug-likeness (QED) is 0.0316. The van der Waals surface area contributed by atoms with Crippen molar-refractivity contribution >= 4 is 30.9 Å². The van der Waals surface area contributed by atoms with Crippen LogP contribution in [0.1, 0.15) is 73.6 Å². The molecule has 66 heavy (non-hydrogen) atoms. The predicted octanol–water partition coefficient (Wildman–Crippen LogP) is 13.1. The summed E-state index contributed by atoms with van der Waals surface area (Å²) in [7, 11) is 0.386. The lowest BCUT2D eigenvalue weighted by atomic mass is 10.1. The van der Waals surface area contributed by atoms with Crippen LogP contribution < -0.4 is 29.6 Å². The third-order valence-electron chi connectivity index (χ3n) is 10.9. The van der Waals surface area contributed by atoms with Crippen LogP contribution in [-0.2, 0) is 39.5 Å². The summed E-state index contributed by atoms with van der Waals surface area (Å²) >= 11 is 3.37. The van der Waals surface area contributed by atoms with Crippen molar-refractivity contribution in [1.29, 1.82) is 0 Å². The van der Waals surface area contributed by atoms with Crippen molar-refractivity contribution in [3.8, 4) is 43.9 Å². The van der Waals surface area contributed by atoms with Gasteiger partial charge in [0.25, 0.3) is 0 Å². The number of hydrogen-bond acceptors (Lipinski definition) is 11. The predicted molar refractivity (Wildman–Crippen MR) is 265 cm³/mol. The standard InChI is InChI=1S/C52H63F2N2O7PS2/c1-58-49-23-17-39(35-45(49)53)13-5-3-7-27-60-47-21-19-41(33-43(47)51-15-9-31-65-51)37-55-25-11-29-62-64(57)63-30-12-26-56-38-42-20-22-48(44(34-42)52-16-10-32-66-52)61-28-8-4-6-14-40-18-24-50(59-2)46(54)36-40/h9-10,15-24,31-36,55-56,64H,3-8,11-14,25-30,37-38H2,1-2H3. The van der Waals surface area contributed by atoms with E-state index in [-0.39, 0.29) is 23.1 Å². The van der Waals surface area contributed by atoms with Gasteiger partial charge in [0, 0.05) is 34.0 Å². The zero-order valence-electron chi connectivity index (χ0n) is 38.1. The number of nitrogens with one attached hydrogen (secondary N) is 2. The highest BCUT2D eigenvalue weighted by Crippen LogP contribution is 2.36. The highest BCUT2D eigenvalue weighted by atomic mass is 32.1. The minimum absolute atomic E-state index is 0.272. The van der Waals surface area contributed by atoms with Gasteiger partial charge in [0.1, 0.15) is 11.5 Å². The van der Waals surface area contributed by atoms with Crippen molar-refractivity contribution in [3.63, 3.8) is 0 Å². The zero-order valence-corrected chi connectivity index (χ0v) is 40.7. The number of thiophene rings is 2. The van der Waals surface area contributed by atoms with Crippen LogP contribution in [-0.4, -0.2) is 53.7 Å². The molecule has 0 aliphatic carbocycles. The van der Waals surface area contributed by atoms with Crippen LogP contribution in [0.5, 0.6) is 23.0 Å². The number of ether oxygens (including phenoxy) is 4. The van der Waals surface area contributed by atoms with Gasteiger partial charge in [-0.25, -0.2) is 8.78 Å². The zero-order chi connectivity index (χ0) is 46.2. The second kappa shape index (κ2) is 28.6. The molecule has 14 heteroatoms. The Morgan fingerprint density at radius 2 is 0.939 bits per heavy atom. The van der Waals surface area contributed by atoms with Crippen LogP contribution in [0, 0.1) is 11.6 Å². The molecule has 0 spiro atoms. The van der Waals surface area contributed by atoms with Crippen molar-refractivity contribution < 1.29 is 41.3 Å². The van der Waals surface area contributed by atoms with Crippen LogP contribution in [0.25, 0.3) is 20.9 Å². The fraction of sp³-hybridized carbons (Fsp3) is 0.385. The van der Waals surface area contributed by atoms with Crippen molar-refractivity contribution in [3.05, 3.63) is 142 Å². The summed E-state index contributed by atoms with van der Waals surface area (Å²) in [4.78, 5) is 2.31. The second-order valence-electron chi connectivity index (χ2n) is 15.9. The van der Waals surface area contributed by atoms with Gasteiger partial charge in [0.2, 0.25) is 0 Å². The Morgan fingerprint density at radius 1 is 0.500 bits per heavy atom. The van der Waals surface area contributed by atoms with Gasteiger partial charge < -0.3 is 38.6 Å². The molecule has 354 valence electrons. The molecule has 4 aromatic carbocycles. The maximum absolute atomic E-state index is 14.0. The number of rotatable bonds is 32. The Bertz CT molecular complexity index is 2190. The summed E-state index contributed by atoms with van der Waals surface area (Å²) in [6.45, 7) is 4.74. The fourth-order valence-corrected chi connectivity index (χ4v) is 9.60. The third kappa shape index (κ3) is 16.9. The van der Waals surface area contributed by atoms with Gasteiger partial charge in [0.05, 0.1) is 40.6 Å². The average molecular weight is 961 g/mol. The number of halogens is 2. The largest absolute Gasteiger partial charge is 0.494 e. The first-order valence-corrected chi connectivity index (χ1v) is 25.8. The van der Waals surface area contributed by atoms with Crippen LogP contribution >= 0.6 is 30.9 Å². The van der Waals surface area contributed by atoms with Gasteiger partial charge in [-0.3, -0.25) is 4.57 Å². The van der Waals surface area contributed by atoms with Crippen LogP contribution in [0.2, 0.25) is 0 Å². The van der Waals surface area contributed by atoms with E-state index >= 15 is 0 Å². The monoisotopic (exact) mass is 960 g/mol. The molecule has 0 amide bonds. The molecule has 6 aromatic rings. The van der Waals surface area contributed by atoms with E-state index in [1.807, 2.05) is 36.4 Å². The van der Waals surface area contributed by atoms with E-state index < -0.39 is 8.25 Å². The van der Waals surface area contributed by atoms with Gasteiger partial charge in [-0.15, -0.1) is 22.7 Å². The topological polar surface area (TPSA) is 96.5 Å². The number of benzene rings is 4. The first-order chi connectivity index (χ1) is 32.4. The third-order valence-corrected chi connectivity index (χ3v) is 13.6. The molecule has 2 N–H and O–H groups in total. The molecule has 0 atom stereocenters. The number of methoxy groups -OCH3 is 2. The Kier molecular flexibility index (Phi) is 22.0. The number of hydrogen-bond donors (Lipinski definition) is 2. The summed E-state index contributed by atoms with van der Waals surface area (Å²) in [6.07, 6.45) is 8.77. The van der Waals surface area contributed by atoms with Crippen LogP contribution in [0.4, 0.5) is 8.78 Å². The van der Waals surface area contributed by atoms with Gasteiger partial charge in [-0.2, -0.15) is 0 Å². The van der Waals surface area contributed by atoms with E-state index in [9.17, 15) is 13.3 Å². The molecular formula is C52H63F2N2O7PS2. The summed E-state index contributed by atoms with van der Waals surface area (Å²) in [5.74, 6) is 1.64. The van der Waals surface area contributed by atoms with Crippen molar-refractivity contribution in [2.24, 2.45) is 0 Å². The molecule has 0 unspecified atom stereocenters. The lowest BCUT2D eigenvalue weighted by Crippen LogP contribution is -2.16. The van der Waals surface area contributed by atoms with Gasteiger partial charge >= 0.3 is 8.25 Å². The van der Waals surface area contributed by atoms with Crippen molar-refractivity contribution in [2.75, 3.05) is 53.7 Å². The number of unbranched alkanes of at least 4 members (excludes halogenated alkanes) is 4. The van der Waals surface area contributed by atoms with E-state index in [0.717, 1.165) is 106 Å². The molecule has 6 rings (SSSR count). The molecule has 0 bridgehead atoms. The van der Waals surface area contributed by atoms with E-state index in [2.05, 4.69) is 57.8 Å². The minimum Gasteiger partial charge on any atom is -0.494 e. The molecule has 0 saturated heterocycles. The van der Waals surface area contributed by atoms with Crippen LogP contribution in [0.15, 0.2) is 108 Å². The summed E-state index contributed by atoms with van der Waals surface area (Å²) in [5, 5.41) is 11.1. The van der Waals surface area contributed by atoms with Crippen molar-refractivity contribution in [1.82, 2.24) is 10.6 Å². The molecule has 2 heterocycles. The number of aryl methyl sites for hydroxylation is 2. The average Bonchev–Trinajstić information content (AvgIpc) is 4.08. The molecule has 0 fully saturated rings. The lowest BCUT2D eigenvalue weighted by Gasteiger charge is -2.13. The smallest absolute Gasteiger partial charge is 0.319 e. The maximum atomic E-state index is 14.0. The van der Waals surface area contributed by atoms with Crippen LogP contribution in [0.3, 0.4) is 0 Å². The molecule has 0 aliphatic heterocycles. The van der Waals surface area contributed by atoms with Gasteiger partial charge in [0.15, 0.2) is 23.1 Å². The summed E-state index contributed by atoms with van der Waals surface area (Å²) < 4.78 is 73.9. The molecule has 0 radical (unpaired) electrons. The second-order valence-corrected chi connectivity index (χ2v) is 18.9. The van der Waals surface area contributed by atoms with E-state index in [4.69, 9.17) is 28.0 Å². The molecule has 2 aromatic heterocycles. The maximum Gasteiger partial charge on any atom is 0.319 e. The fourth-order valence-electron chi connectivity index (χ4n) is 7.40. The Morgan fingerprint density at radius 3 is 1.35 bits per heavy atom.